The maximum atomic E-state index is 13.0. The molecule has 0 amide bonds. The summed E-state index contributed by atoms with van der Waals surface area (Å²) in [5.74, 6) is 0. The van der Waals surface area contributed by atoms with Crippen LogP contribution in [-0.2, 0) is 16.6 Å². The van der Waals surface area contributed by atoms with Crippen molar-refractivity contribution in [3.63, 3.8) is 0 Å². The van der Waals surface area contributed by atoms with Gasteiger partial charge in [0.25, 0.3) is 0 Å². The molecule has 1 fully saturated rings. The summed E-state index contributed by atoms with van der Waals surface area (Å²) in [6.07, 6.45) is 2.99. The van der Waals surface area contributed by atoms with Gasteiger partial charge in [-0.05, 0) is 57.0 Å². The zero-order valence-corrected chi connectivity index (χ0v) is 15.2. The molecule has 0 saturated carbocycles. The fourth-order valence-electron chi connectivity index (χ4n) is 2.84. The van der Waals surface area contributed by atoms with E-state index in [0.29, 0.717) is 18.0 Å². The molecule has 1 aliphatic rings. The molecule has 4 nitrogen and oxygen atoms in total. The number of rotatable bonds is 4. The Morgan fingerprint density at radius 1 is 1.38 bits per heavy atom. The van der Waals surface area contributed by atoms with Gasteiger partial charge in [0.15, 0.2) is 0 Å². The first-order valence-corrected chi connectivity index (χ1v) is 9.56. The minimum Gasteiger partial charge on any atom is -0.316 e. The van der Waals surface area contributed by atoms with Crippen LogP contribution in [0.5, 0.6) is 0 Å². The van der Waals surface area contributed by atoms with E-state index in [2.05, 4.69) is 21.2 Å². The largest absolute Gasteiger partial charge is 0.316 e. The second-order valence-corrected chi connectivity index (χ2v) is 8.40. The number of nitrogens with zero attached hydrogens (tertiary/aromatic N) is 1. The van der Waals surface area contributed by atoms with Crippen molar-refractivity contribution in [1.82, 2.24) is 9.62 Å². The van der Waals surface area contributed by atoms with Crippen molar-refractivity contribution < 1.29 is 8.42 Å². The summed E-state index contributed by atoms with van der Waals surface area (Å²) in [6, 6.07) is 3.85. The minimum atomic E-state index is -3.43. The topological polar surface area (TPSA) is 49.4 Å². The average Bonchev–Trinajstić information content (AvgIpc) is 2.43. The van der Waals surface area contributed by atoms with E-state index in [1.54, 1.807) is 10.4 Å². The van der Waals surface area contributed by atoms with Gasteiger partial charge in [0.2, 0.25) is 10.0 Å². The molecule has 0 spiro atoms. The summed E-state index contributed by atoms with van der Waals surface area (Å²) in [6.45, 7) is 5.13. The quantitative estimate of drug-likeness (QED) is 0.880. The third-order valence-corrected chi connectivity index (χ3v) is 7.03. The number of hydrogen-bond acceptors (Lipinski definition) is 3. The summed E-state index contributed by atoms with van der Waals surface area (Å²) in [4.78, 5) is 0.427. The van der Waals surface area contributed by atoms with Crippen molar-refractivity contribution in [2.75, 3.05) is 13.6 Å². The van der Waals surface area contributed by atoms with Gasteiger partial charge in [0.1, 0.15) is 0 Å². The zero-order valence-electron chi connectivity index (χ0n) is 12.8. The molecule has 0 aromatic heterocycles. The van der Waals surface area contributed by atoms with E-state index in [-0.39, 0.29) is 6.04 Å². The van der Waals surface area contributed by atoms with E-state index in [0.717, 1.165) is 34.9 Å². The SMILES string of the molecule is CNCc1cc(Br)c(C)c(S(=O)(=O)N2CCCCC2C)c1. The fraction of sp³-hybridized carbons (Fsp3) is 0.600. The highest BCUT2D eigenvalue weighted by Gasteiger charge is 2.32. The van der Waals surface area contributed by atoms with Crippen LogP contribution in [0.3, 0.4) is 0 Å². The van der Waals surface area contributed by atoms with Crippen molar-refractivity contribution in [3.8, 4) is 0 Å². The van der Waals surface area contributed by atoms with Crippen LogP contribution in [0.2, 0.25) is 0 Å². The summed E-state index contributed by atoms with van der Waals surface area (Å²) >= 11 is 3.49. The Hall–Kier alpha value is -0.430. The van der Waals surface area contributed by atoms with E-state index >= 15 is 0 Å². The Morgan fingerprint density at radius 3 is 2.71 bits per heavy atom. The molecular formula is C15H23BrN2O2S. The lowest BCUT2D eigenvalue weighted by Crippen LogP contribution is -2.42. The van der Waals surface area contributed by atoms with Crippen molar-refractivity contribution in [3.05, 3.63) is 27.7 Å². The zero-order chi connectivity index (χ0) is 15.6. The molecule has 0 aliphatic carbocycles. The van der Waals surface area contributed by atoms with Gasteiger partial charge in [-0.15, -0.1) is 0 Å². The van der Waals surface area contributed by atoms with E-state index in [4.69, 9.17) is 0 Å². The molecule has 21 heavy (non-hydrogen) atoms. The van der Waals surface area contributed by atoms with Crippen molar-refractivity contribution >= 4 is 26.0 Å². The number of hydrogen-bond donors (Lipinski definition) is 1. The van der Waals surface area contributed by atoms with Crippen molar-refractivity contribution in [1.29, 1.82) is 0 Å². The first kappa shape index (κ1) is 16.9. The number of piperidine rings is 1. The average molecular weight is 375 g/mol. The Labute approximate surface area is 136 Å². The molecule has 1 heterocycles. The highest BCUT2D eigenvalue weighted by Crippen LogP contribution is 2.31. The van der Waals surface area contributed by atoms with Crippen LogP contribution in [0.25, 0.3) is 0 Å². The first-order chi connectivity index (χ1) is 9.87. The number of sulfonamides is 1. The number of halogens is 1. The van der Waals surface area contributed by atoms with E-state index in [1.165, 1.54) is 0 Å². The van der Waals surface area contributed by atoms with Crippen molar-refractivity contribution in [2.24, 2.45) is 0 Å². The van der Waals surface area contributed by atoms with Crippen LogP contribution in [0.15, 0.2) is 21.5 Å². The van der Waals surface area contributed by atoms with Crippen molar-refractivity contribution in [2.45, 2.75) is 50.6 Å². The normalized spacial score (nSPS) is 20.7. The molecule has 1 unspecified atom stereocenters. The molecule has 1 saturated heterocycles. The molecule has 0 radical (unpaired) electrons. The number of benzene rings is 1. The fourth-order valence-corrected chi connectivity index (χ4v) is 5.47. The van der Waals surface area contributed by atoms with Gasteiger partial charge < -0.3 is 5.32 Å². The molecule has 2 rings (SSSR count). The molecule has 1 atom stereocenters. The van der Waals surface area contributed by atoms with Crippen LogP contribution >= 0.6 is 15.9 Å². The summed E-state index contributed by atoms with van der Waals surface area (Å²) in [7, 11) is -1.57. The smallest absolute Gasteiger partial charge is 0.243 e. The Bertz CT molecular complexity index is 616. The van der Waals surface area contributed by atoms with E-state index in [1.807, 2.05) is 27.0 Å². The summed E-state index contributed by atoms with van der Waals surface area (Å²) < 4.78 is 28.5. The molecule has 1 N–H and O–H groups in total. The molecule has 0 bridgehead atoms. The van der Waals surface area contributed by atoms with Gasteiger partial charge in [0, 0.05) is 23.6 Å². The Kier molecular flexibility index (Phi) is 5.46. The van der Waals surface area contributed by atoms with E-state index < -0.39 is 10.0 Å². The van der Waals surface area contributed by atoms with Crippen LogP contribution in [0.4, 0.5) is 0 Å². The standard InChI is InChI=1S/C15H23BrN2O2S/c1-11-6-4-5-7-18(11)21(19,20)15-9-13(10-17-3)8-14(16)12(15)2/h8-9,11,17H,4-7,10H2,1-3H3. The molecule has 118 valence electrons. The lowest BCUT2D eigenvalue weighted by atomic mass is 10.1. The Balaban J connectivity index is 2.48. The maximum absolute atomic E-state index is 13.0. The summed E-state index contributed by atoms with van der Waals surface area (Å²) in [5, 5.41) is 3.07. The van der Waals surface area contributed by atoms with Crippen LogP contribution < -0.4 is 5.32 Å². The summed E-state index contributed by atoms with van der Waals surface area (Å²) in [5.41, 5.74) is 1.76. The Morgan fingerprint density at radius 2 is 2.10 bits per heavy atom. The first-order valence-electron chi connectivity index (χ1n) is 7.33. The second kappa shape index (κ2) is 6.77. The third kappa shape index (κ3) is 3.50. The lowest BCUT2D eigenvalue weighted by molar-refractivity contribution is 0.268. The van der Waals surface area contributed by atoms with E-state index in [9.17, 15) is 8.42 Å². The molecule has 1 aromatic carbocycles. The predicted molar refractivity (Wildman–Crippen MR) is 88.8 cm³/mol. The van der Waals surface area contributed by atoms with Gasteiger partial charge in [0.05, 0.1) is 4.90 Å². The maximum Gasteiger partial charge on any atom is 0.243 e. The lowest BCUT2D eigenvalue weighted by Gasteiger charge is -2.33. The third-order valence-electron chi connectivity index (χ3n) is 4.07. The minimum absolute atomic E-state index is 0.0786. The molecule has 6 heteroatoms. The van der Waals surface area contributed by atoms with Crippen LogP contribution in [0.1, 0.15) is 37.3 Å². The van der Waals surface area contributed by atoms with Crippen LogP contribution in [0, 0.1) is 6.92 Å². The molecule has 1 aliphatic heterocycles. The molecular weight excluding hydrogens is 352 g/mol. The van der Waals surface area contributed by atoms with Gasteiger partial charge >= 0.3 is 0 Å². The van der Waals surface area contributed by atoms with Gasteiger partial charge in [-0.2, -0.15) is 4.31 Å². The van der Waals surface area contributed by atoms with Gasteiger partial charge in [-0.25, -0.2) is 8.42 Å². The highest BCUT2D eigenvalue weighted by molar-refractivity contribution is 9.10. The predicted octanol–water partition coefficient (Wildman–Crippen LogP) is 3.04. The van der Waals surface area contributed by atoms with Gasteiger partial charge in [-0.3, -0.25) is 0 Å². The van der Waals surface area contributed by atoms with Crippen LogP contribution in [-0.4, -0.2) is 32.4 Å². The monoisotopic (exact) mass is 374 g/mol. The number of nitrogens with one attached hydrogen (secondary N) is 1. The van der Waals surface area contributed by atoms with Gasteiger partial charge in [-0.1, -0.05) is 22.4 Å². The second-order valence-electron chi connectivity index (χ2n) is 5.69. The molecule has 1 aromatic rings. The highest BCUT2D eigenvalue weighted by atomic mass is 79.9.